The molecule has 0 aliphatic carbocycles. The van der Waals surface area contributed by atoms with E-state index in [1.165, 1.54) is 11.1 Å². The van der Waals surface area contributed by atoms with Crippen LogP contribution in [0.15, 0.2) is 54.6 Å². The third kappa shape index (κ3) is 6.28. The van der Waals surface area contributed by atoms with Crippen molar-refractivity contribution in [2.24, 2.45) is 0 Å². The summed E-state index contributed by atoms with van der Waals surface area (Å²) in [4.78, 5) is 18.1. The molecule has 0 bridgehead atoms. The van der Waals surface area contributed by atoms with Gasteiger partial charge in [-0.1, -0.05) is 54.1 Å². The van der Waals surface area contributed by atoms with E-state index in [9.17, 15) is 4.79 Å². The molecule has 0 radical (unpaired) electrons. The minimum Gasteiger partial charge on any atom is -0.370 e. The van der Waals surface area contributed by atoms with Crippen LogP contribution < -0.4 is 0 Å². The topological polar surface area (TPSA) is 36.0 Å². The van der Waals surface area contributed by atoms with Crippen LogP contribution in [0.3, 0.4) is 0 Å². The summed E-state index contributed by atoms with van der Waals surface area (Å²) in [6, 6.07) is 19.1. The largest absolute Gasteiger partial charge is 0.370 e. The second kappa shape index (κ2) is 10.7. The molecule has 5 nitrogen and oxygen atoms in total. The highest BCUT2D eigenvalue weighted by atomic mass is 35.5. The van der Waals surface area contributed by atoms with E-state index in [1.807, 2.05) is 12.1 Å². The minimum atomic E-state index is 0.00323. The highest BCUT2D eigenvalue weighted by Gasteiger charge is 2.26. The van der Waals surface area contributed by atoms with Crippen LogP contribution in [-0.2, 0) is 9.53 Å². The fraction of sp³-hybridized carbons (Fsp3) is 0.435. The van der Waals surface area contributed by atoms with Gasteiger partial charge in [-0.25, -0.2) is 0 Å². The van der Waals surface area contributed by atoms with Gasteiger partial charge in [0.2, 0.25) is 5.91 Å². The predicted octanol–water partition coefficient (Wildman–Crippen LogP) is 3.15. The molecule has 6 heteroatoms. The maximum Gasteiger partial charge on any atom is 0.248 e. The normalized spacial score (nSPS) is 16.5. The summed E-state index contributed by atoms with van der Waals surface area (Å²) in [6.07, 6.45) is 0. The molecule has 1 amide bonds. The molecule has 1 saturated heterocycles. The molecule has 1 aliphatic rings. The van der Waals surface area contributed by atoms with Gasteiger partial charge in [0.25, 0.3) is 0 Å². The van der Waals surface area contributed by atoms with E-state index < -0.39 is 0 Å². The molecule has 0 N–H and O–H groups in total. The van der Waals surface area contributed by atoms with Crippen LogP contribution in [0, 0.1) is 0 Å². The molecular formula is C23H30ClN3O2. The zero-order chi connectivity index (χ0) is 20.6. The van der Waals surface area contributed by atoms with E-state index in [2.05, 4.69) is 52.3 Å². The summed E-state index contributed by atoms with van der Waals surface area (Å²) < 4.78 is 5.52. The molecule has 3 rings (SSSR count). The summed E-state index contributed by atoms with van der Waals surface area (Å²) >= 11 is 6.11. The highest BCUT2D eigenvalue weighted by molar-refractivity contribution is 6.30. The van der Waals surface area contributed by atoms with Gasteiger partial charge >= 0.3 is 0 Å². The zero-order valence-electron chi connectivity index (χ0n) is 17.3. The lowest BCUT2D eigenvalue weighted by molar-refractivity contribution is -0.133. The van der Waals surface area contributed by atoms with Crippen molar-refractivity contribution in [3.8, 4) is 0 Å². The Kier molecular flexibility index (Phi) is 8.07. The number of carbonyl (C=O) groups is 1. The van der Waals surface area contributed by atoms with E-state index in [-0.39, 0.29) is 18.6 Å². The van der Waals surface area contributed by atoms with E-state index in [1.54, 1.807) is 19.0 Å². The molecule has 0 spiro atoms. The number of amides is 1. The number of rotatable bonds is 8. The van der Waals surface area contributed by atoms with Crippen molar-refractivity contribution >= 4 is 17.5 Å². The highest BCUT2D eigenvalue weighted by Crippen LogP contribution is 2.30. The van der Waals surface area contributed by atoms with Crippen molar-refractivity contribution in [1.82, 2.24) is 14.7 Å². The Labute approximate surface area is 178 Å². The van der Waals surface area contributed by atoms with Crippen LogP contribution in [0.25, 0.3) is 0 Å². The molecule has 156 valence electrons. The molecule has 1 aliphatic heterocycles. The van der Waals surface area contributed by atoms with Crippen LogP contribution in [0.1, 0.15) is 17.2 Å². The van der Waals surface area contributed by atoms with Crippen molar-refractivity contribution in [2.45, 2.75) is 6.04 Å². The second-order valence-electron chi connectivity index (χ2n) is 7.58. The molecule has 0 aromatic heterocycles. The van der Waals surface area contributed by atoms with Gasteiger partial charge in [-0.2, -0.15) is 0 Å². The van der Waals surface area contributed by atoms with Gasteiger partial charge in [0, 0.05) is 51.8 Å². The van der Waals surface area contributed by atoms with E-state index in [0.29, 0.717) is 6.61 Å². The van der Waals surface area contributed by atoms with Crippen molar-refractivity contribution in [3.05, 3.63) is 70.7 Å². The summed E-state index contributed by atoms with van der Waals surface area (Å²) in [6.45, 7) is 5.53. The predicted molar refractivity (Wildman–Crippen MR) is 117 cm³/mol. The maximum absolute atomic E-state index is 11.6. The van der Waals surface area contributed by atoms with Crippen LogP contribution in [0.2, 0.25) is 5.02 Å². The Morgan fingerprint density at radius 2 is 1.62 bits per heavy atom. The van der Waals surface area contributed by atoms with Gasteiger partial charge in [0.05, 0.1) is 12.6 Å². The van der Waals surface area contributed by atoms with Crippen molar-refractivity contribution in [3.63, 3.8) is 0 Å². The molecule has 1 unspecified atom stereocenters. The van der Waals surface area contributed by atoms with Crippen LogP contribution >= 0.6 is 11.6 Å². The lowest BCUT2D eigenvalue weighted by atomic mass is 9.96. The van der Waals surface area contributed by atoms with Crippen LogP contribution in [0.5, 0.6) is 0 Å². The van der Waals surface area contributed by atoms with Gasteiger partial charge in [0.1, 0.15) is 6.61 Å². The Bertz CT molecular complexity index is 759. The van der Waals surface area contributed by atoms with Crippen molar-refractivity contribution < 1.29 is 9.53 Å². The second-order valence-corrected chi connectivity index (χ2v) is 8.02. The molecule has 1 heterocycles. The van der Waals surface area contributed by atoms with Gasteiger partial charge < -0.3 is 9.64 Å². The van der Waals surface area contributed by atoms with Gasteiger partial charge in [0.15, 0.2) is 0 Å². The molecule has 29 heavy (non-hydrogen) atoms. The SMILES string of the molecule is CN(C)C(=O)COCCN1CCN(C(c2ccccc2)c2ccc(Cl)cc2)CC1. The van der Waals surface area contributed by atoms with Gasteiger partial charge in [-0.3, -0.25) is 14.6 Å². The first-order valence-corrected chi connectivity index (χ1v) is 10.5. The van der Waals surface area contributed by atoms with E-state index in [4.69, 9.17) is 16.3 Å². The molecule has 2 aromatic rings. The van der Waals surface area contributed by atoms with Crippen LogP contribution in [0.4, 0.5) is 0 Å². The number of halogens is 1. The number of carbonyl (C=O) groups excluding carboxylic acids is 1. The summed E-state index contributed by atoms with van der Waals surface area (Å²) in [5.41, 5.74) is 2.56. The molecule has 1 atom stereocenters. The number of nitrogens with zero attached hydrogens (tertiary/aromatic N) is 3. The zero-order valence-corrected chi connectivity index (χ0v) is 18.0. The molecule has 2 aromatic carbocycles. The number of likely N-dealkylation sites (N-methyl/N-ethyl adjacent to an activating group) is 1. The van der Waals surface area contributed by atoms with Gasteiger partial charge in [-0.15, -0.1) is 0 Å². The maximum atomic E-state index is 11.6. The summed E-state index contributed by atoms with van der Waals surface area (Å²) in [5, 5.41) is 0.762. The van der Waals surface area contributed by atoms with Crippen molar-refractivity contribution in [1.29, 1.82) is 0 Å². The molecule has 0 saturated carbocycles. The fourth-order valence-corrected chi connectivity index (χ4v) is 3.75. The quantitative estimate of drug-likeness (QED) is 0.620. The number of ether oxygens (including phenoxy) is 1. The molecular weight excluding hydrogens is 386 g/mol. The average molecular weight is 416 g/mol. The average Bonchev–Trinajstić information content (AvgIpc) is 2.74. The van der Waals surface area contributed by atoms with E-state index in [0.717, 1.165) is 37.7 Å². The first kappa shape index (κ1) is 21.8. The van der Waals surface area contributed by atoms with Crippen molar-refractivity contribution in [2.75, 3.05) is 60.0 Å². The standard InChI is InChI=1S/C23H30ClN3O2/c1-25(2)22(28)18-29-17-16-26-12-14-27(15-13-26)23(19-6-4-3-5-7-19)20-8-10-21(24)11-9-20/h3-11,23H,12-18H2,1-2H3. The lowest BCUT2D eigenvalue weighted by Crippen LogP contribution is -2.48. The number of hydrogen-bond acceptors (Lipinski definition) is 4. The first-order chi connectivity index (χ1) is 14.0. The van der Waals surface area contributed by atoms with Crippen LogP contribution in [-0.4, -0.2) is 80.6 Å². The Balaban J connectivity index is 1.56. The minimum absolute atomic E-state index is 0.00323. The third-order valence-electron chi connectivity index (χ3n) is 5.35. The number of hydrogen-bond donors (Lipinski definition) is 0. The Morgan fingerprint density at radius 1 is 1.00 bits per heavy atom. The third-order valence-corrected chi connectivity index (χ3v) is 5.60. The van der Waals surface area contributed by atoms with Gasteiger partial charge in [-0.05, 0) is 23.3 Å². The smallest absolute Gasteiger partial charge is 0.248 e. The lowest BCUT2D eigenvalue weighted by Gasteiger charge is -2.39. The molecule has 1 fully saturated rings. The number of benzene rings is 2. The monoisotopic (exact) mass is 415 g/mol. The summed E-state index contributed by atoms with van der Waals surface area (Å²) in [5.74, 6) is 0.00323. The first-order valence-electron chi connectivity index (χ1n) is 10.1. The van der Waals surface area contributed by atoms with E-state index >= 15 is 0 Å². The Hall–Kier alpha value is -1.92. The Morgan fingerprint density at radius 3 is 2.24 bits per heavy atom. The number of piperazine rings is 1. The fourth-order valence-electron chi connectivity index (χ4n) is 3.62. The summed E-state index contributed by atoms with van der Waals surface area (Å²) in [7, 11) is 3.49.